The summed E-state index contributed by atoms with van der Waals surface area (Å²) in [5.74, 6) is 1.21. The van der Waals surface area contributed by atoms with Crippen molar-refractivity contribution in [3.8, 4) is 28.9 Å². The van der Waals surface area contributed by atoms with Gasteiger partial charge in [0, 0.05) is 18.9 Å². The summed E-state index contributed by atoms with van der Waals surface area (Å²) >= 11 is 0. The van der Waals surface area contributed by atoms with E-state index in [1.54, 1.807) is 29.4 Å². The molecule has 8 nitrogen and oxygen atoms in total. The Bertz CT molecular complexity index is 1070. The lowest BCUT2D eigenvalue weighted by atomic mass is 10.0. The summed E-state index contributed by atoms with van der Waals surface area (Å²) in [7, 11) is 0. The molecule has 0 spiro atoms. The zero-order chi connectivity index (χ0) is 21.1. The smallest absolute Gasteiger partial charge is 0.269 e. The number of carbonyl (C=O) groups is 1. The minimum atomic E-state index is -0.258. The molecule has 3 atom stereocenters. The maximum Gasteiger partial charge on any atom is 0.269 e. The number of nitrogens with one attached hydrogen (secondary N) is 2. The normalized spacial score (nSPS) is 20.6. The number of pyridine rings is 1. The Balaban J connectivity index is 1.52. The van der Waals surface area contributed by atoms with Gasteiger partial charge in [0.1, 0.15) is 17.2 Å². The van der Waals surface area contributed by atoms with Crippen molar-refractivity contribution in [3.05, 3.63) is 60.6 Å². The predicted octanol–water partition coefficient (Wildman–Crippen LogP) is 3.18. The SMILES string of the molecule is CC1CN(C#N)C(C)[C@@H]1NC(=O)c1cc(-c2cnccc2Oc2ccccc2)n[nH]1. The van der Waals surface area contributed by atoms with Crippen LogP contribution >= 0.6 is 0 Å². The fourth-order valence-electron chi connectivity index (χ4n) is 3.74. The Hall–Kier alpha value is -3.86. The van der Waals surface area contributed by atoms with Gasteiger partial charge in [0.15, 0.2) is 6.19 Å². The molecule has 2 N–H and O–H groups in total. The van der Waals surface area contributed by atoms with E-state index in [-0.39, 0.29) is 23.9 Å². The molecule has 2 aromatic heterocycles. The maximum atomic E-state index is 12.8. The third-order valence-corrected chi connectivity index (χ3v) is 5.39. The molecule has 1 amide bonds. The molecule has 1 saturated heterocycles. The fraction of sp³-hybridized carbons (Fsp3) is 0.273. The minimum absolute atomic E-state index is 0.0551. The third kappa shape index (κ3) is 3.82. The number of nitriles is 1. The van der Waals surface area contributed by atoms with Crippen molar-refractivity contribution in [1.29, 1.82) is 5.26 Å². The Morgan fingerprint density at radius 2 is 2.10 bits per heavy atom. The summed E-state index contributed by atoms with van der Waals surface area (Å²) in [6.07, 6.45) is 5.48. The average molecular weight is 402 g/mol. The molecule has 1 aliphatic heterocycles. The minimum Gasteiger partial charge on any atom is -0.457 e. The highest BCUT2D eigenvalue weighted by Gasteiger charge is 2.37. The maximum absolute atomic E-state index is 12.8. The van der Waals surface area contributed by atoms with Gasteiger partial charge in [-0.2, -0.15) is 10.4 Å². The highest BCUT2D eigenvalue weighted by atomic mass is 16.5. The molecule has 152 valence electrons. The first-order chi connectivity index (χ1) is 14.6. The van der Waals surface area contributed by atoms with E-state index in [0.717, 1.165) is 0 Å². The monoisotopic (exact) mass is 402 g/mol. The molecule has 0 radical (unpaired) electrons. The number of hydrogen-bond acceptors (Lipinski definition) is 6. The molecule has 1 aliphatic rings. The van der Waals surface area contributed by atoms with Crippen LogP contribution in [0.15, 0.2) is 54.9 Å². The van der Waals surface area contributed by atoms with Crippen molar-refractivity contribution < 1.29 is 9.53 Å². The number of aromatic amines is 1. The second-order valence-electron chi connectivity index (χ2n) is 7.42. The van der Waals surface area contributed by atoms with E-state index in [1.165, 1.54) is 0 Å². The summed E-state index contributed by atoms with van der Waals surface area (Å²) in [6, 6.07) is 12.7. The van der Waals surface area contributed by atoms with Gasteiger partial charge in [-0.15, -0.1) is 0 Å². The lowest BCUT2D eigenvalue weighted by Gasteiger charge is -2.21. The number of para-hydroxylation sites is 1. The van der Waals surface area contributed by atoms with Crippen molar-refractivity contribution in [2.75, 3.05) is 6.54 Å². The van der Waals surface area contributed by atoms with Gasteiger partial charge >= 0.3 is 0 Å². The summed E-state index contributed by atoms with van der Waals surface area (Å²) in [4.78, 5) is 18.6. The number of aromatic nitrogens is 3. The highest BCUT2D eigenvalue weighted by Crippen LogP contribution is 2.31. The lowest BCUT2D eigenvalue weighted by Crippen LogP contribution is -2.44. The van der Waals surface area contributed by atoms with Gasteiger partial charge in [-0.25, -0.2) is 0 Å². The van der Waals surface area contributed by atoms with Gasteiger partial charge in [0.05, 0.1) is 23.3 Å². The largest absolute Gasteiger partial charge is 0.457 e. The van der Waals surface area contributed by atoms with E-state index in [1.807, 2.05) is 44.2 Å². The van der Waals surface area contributed by atoms with Gasteiger partial charge in [0.25, 0.3) is 5.91 Å². The molecule has 1 aromatic carbocycles. The zero-order valence-electron chi connectivity index (χ0n) is 16.7. The summed E-state index contributed by atoms with van der Waals surface area (Å²) in [5.41, 5.74) is 1.58. The number of ether oxygens (including phenoxy) is 1. The number of nitrogens with zero attached hydrogens (tertiary/aromatic N) is 4. The first kappa shape index (κ1) is 19.5. The summed E-state index contributed by atoms with van der Waals surface area (Å²) in [6.45, 7) is 4.60. The molecule has 1 fully saturated rings. The number of hydrogen-bond donors (Lipinski definition) is 2. The van der Waals surface area contributed by atoms with Gasteiger partial charge in [-0.3, -0.25) is 14.9 Å². The van der Waals surface area contributed by atoms with Crippen LogP contribution in [-0.4, -0.2) is 44.6 Å². The van der Waals surface area contributed by atoms with Crippen molar-refractivity contribution in [2.24, 2.45) is 5.92 Å². The van der Waals surface area contributed by atoms with Crippen LogP contribution in [0.25, 0.3) is 11.3 Å². The molecule has 30 heavy (non-hydrogen) atoms. The molecule has 0 saturated carbocycles. The van der Waals surface area contributed by atoms with Crippen LogP contribution in [0.4, 0.5) is 0 Å². The number of amides is 1. The first-order valence-corrected chi connectivity index (χ1v) is 9.76. The summed E-state index contributed by atoms with van der Waals surface area (Å²) in [5, 5.41) is 19.3. The molecule has 0 aliphatic carbocycles. The van der Waals surface area contributed by atoms with Crippen LogP contribution < -0.4 is 10.1 Å². The van der Waals surface area contributed by atoms with Crippen molar-refractivity contribution in [3.63, 3.8) is 0 Å². The molecule has 0 bridgehead atoms. The number of rotatable bonds is 5. The van der Waals surface area contributed by atoms with E-state index in [2.05, 4.69) is 26.7 Å². The Morgan fingerprint density at radius 1 is 1.30 bits per heavy atom. The van der Waals surface area contributed by atoms with Crippen LogP contribution in [-0.2, 0) is 0 Å². The molecular weight excluding hydrogens is 380 g/mol. The Labute approximate surface area is 174 Å². The van der Waals surface area contributed by atoms with E-state index < -0.39 is 0 Å². The molecule has 3 aromatic rings. The number of likely N-dealkylation sites (tertiary alicyclic amines) is 1. The molecule has 2 unspecified atom stereocenters. The van der Waals surface area contributed by atoms with Crippen LogP contribution in [0, 0.1) is 17.4 Å². The standard InChI is InChI=1S/C22H22N6O2/c1-14-12-28(13-23)15(2)21(14)25-22(29)19-10-18(26-27-19)17-11-24-9-8-20(17)30-16-6-4-3-5-7-16/h3-11,14-15,21H,12H2,1-2H3,(H,25,29)(H,26,27)/t14?,15?,21-/m1/s1. The van der Waals surface area contributed by atoms with Crippen LogP contribution in [0.3, 0.4) is 0 Å². The van der Waals surface area contributed by atoms with Gasteiger partial charge in [-0.1, -0.05) is 25.1 Å². The van der Waals surface area contributed by atoms with Crippen LogP contribution in [0.2, 0.25) is 0 Å². The summed E-state index contributed by atoms with van der Waals surface area (Å²) < 4.78 is 5.96. The number of H-pyrrole nitrogens is 1. The van der Waals surface area contributed by atoms with E-state index in [4.69, 9.17) is 4.74 Å². The molecule has 8 heteroatoms. The van der Waals surface area contributed by atoms with Crippen LogP contribution in [0.5, 0.6) is 11.5 Å². The lowest BCUT2D eigenvalue weighted by molar-refractivity contribution is 0.0918. The molecule has 3 heterocycles. The Morgan fingerprint density at radius 3 is 2.83 bits per heavy atom. The van der Waals surface area contributed by atoms with Crippen LogP contribution in [0.1, 0.15) is 24.3 Å². The van der Waals surface area contributed by atoms with E-state index in [0.29, 0.717) is 35.0 Å². The first-order valence-electron chi connectivity index (χ1n) is 9.76. The van der Waals surface area contributed by atoms with Crippen molar-refractivity contribution in [2.45, 2.75) is 25.9 Å². The second-order valence-corrected chi connectivity index (χ2v) is 7.42. The van der Waals surface area contributed by atoms with Gasteiger partial charge in [0.2, 0.25) is 0 Å². The van der Waals surface area contributed by atoms with Crippen molar-refractivity contribution in [1.82, 2.24) is 25.4 Å². The van der Waals surface area contributed by atoms with E-state index >= 15 is 0 Å². The predicted molar refractivity (Wildman–Crippen MR) is 111 cm³/mol. The topological polar surface area (TPSA) is 107 Å². The molecule has 4 rings (SSSR count). The third-order valence-electron chi connectivity index (χ3n) is 5.39. The number of carbonyl (C=O) groups excluding carboxylic acids is 1. The van der Waals surface area contributed by atoms with E-state index in [9.17, 15) is 10.1 Å². The van der Waals surface area contributed by atoms with Gasteiger partial charge < -0.3 is 15.0 Å². The highest BCUT2D eigenvalue weighted by molar-refractivity contribution is 5.93. The quantitative estimate of drug-likeness (QED) is 0.635. The van der Waals surface area contributed by atoms with Gasteiger partial charge in [-0.05, 0) is 37.1 Å². The average Bonchev–Trinajstić information content (AvgIpc) is 3.35. The van der Waals surface area contributed by atoms with Crippen molar-refractivity contribution >= 4 is 5.91 Å². The Kier molecular flexibility index (Phi) is 5.35. The second kappa shape index (κ2) is 8.25. The molecular formula is C22H22N6O2. The zero-order valence-corrected chi connectivity index (χ0v) is 16.7. The number of benzene rings is 1. The fourth-order valence-corrected chi connectivity index (χ4v) is 3.74.